The number of ether oxygens (including phenoxy) is 1. The average molecular weight is 176 g/mol. The summed E-state index contributed by atoms with van der Waals surface area (Å²) in [6.45, 7) is 5.74. The summed E-state index contributed by atoms with van der Waals surface area (Å²) >= 11 is 0. The lowest BCUT2D eigenvalue weighted by atomic mass is 10.0. The molecule has 0 aliphatic carbocycles. The van der Waals surface area contributed by atoms with Gasteiger partial charge in [0, 0.05) is 0 Å². The molecule has 0 bridgehead atoms. The molecule has 1 aromatic carbocycles. The average Bonchev–Trinajstić information content (AvgIpc) is 2.27. The largest absolute Gasteiger partial charge is 0.482 e. The molecule has 68 valence electrons. The second-order valence-corrected chi connectivity index (χ2v) is 3.58. The number of fused-ring (bicyclic) bond motifs is 1. The lowest BCUT2D eigenvalue weighted by molar-refractivity contribution is 0.0878. The first-order chi connectivity index (χ1) is 6.09. The molecular weight excluding hydrogens is 164 g/mol. The Hall–Kier alpha value is -1.31. The summed E-state index contributed by atoms with van der Waals surface area (Å²) in [6, 6.07) is 3.93. The van der Waals surface area contributed by atoms with E-state index in [1.165, 1.54) is 0 Å². The molecule has 1 aromatic rings. The van der Waals surface area contributed by atoms with Crippen molar-refractivity contribution in [1.82, 2.24) is 0 Å². The molecule has 0 radical (unpaired) electrons. The summed E-state index contributed by atoms with van der Waals surface area (Å²) in [7, 11) is 0. The van der Waals surface area contributed by atoms with E-state index in [-0.39, 0.29) is 11.9 Å². The van der Waals surface area contributed by atoms with Crippen LogP contribution in [0.2, 0.25) is 0 Å². The van der Waals surface area contributed by atoms with Gasteiger partial charge in [-0.1, -0.05) is 6.07 Å². The highest BCUT2D eigenvalue weighted by Crippen LogP contribution is 2.32. The smallest absolute Gasteiger partial charge is 0.206 e. The molecule has 2 nitrogen and oxygen atoms in total. The van der Waals surface area contributed by atoms with E-state index in [0.29, 0.717) is 0 Å². The molecule has 1 unspecified atom stereocenters. The molecule has 0 N–H and O–H groups in total. The molecule has 1 heterocycles. The molecule has 2 rings (SSSR count). The van der Waals surface area contributed by atoms with Crippen molar-refractivity contribution in [3.8, 4) is 5.75 Å². The fraction of sp³-hybridized carbons (Fsp3) is 0.364. The summed E-state index contributed by atoms with van der Waals surface area (Å²) in [5.74, 6) is 0.850. The highest BCUT2D eigenvalue weighted by Gasteiger charge is 2.30. The first kappa shape index (κ1) is 8.30. The molecule has 0 aromatic heterocycles. The van der Waals surface area contributed by atoms with Gasteiger partial charge in [-0.2, -0.15) is 0 Å². The predicted octanol–water partition coefficient (Wildman–Crippen LogP) is 2.27. The van der Waals surface area contributed by atoms with Crippen molar-refractivity contribution in [3.05, 3.63) is 28.8 Å². The molecule has 2 heteroatoms. The minimum absolute atomic E-state index is 0.104. The van der Waals surface area contributed by atoms with Crippen LogP contribution in [-0.4, -0.2) is 11.9 Å². The van der Waals surface area contributed by atoms with Crippen LogP contribution >= 0.6 is 0 Å². The summed E-state index contributed by atoms with van der Waals surface area (Å²) in [5, 5.41) is 0. The summed E-state index contributed by atoms with van der Waals surface area (Å²) < 4.78 is 5.43. The van der Waals surface area contributed by atoms with E-state index in [1.807, 2.05) is 26.0 Å². The fourth-order valence-electron chi connectivity index (χ4n) is 1.78. The number of aryl methyl sites for hydroxylation is 2. The lowest BCUT2D eigenvalue weighted by Gasteiger charge is -2.02. The van der Waals surface area contributed by atoms with Gasteiger partial charge in [-0.3, -0.25) is 4.79 Å². The maximum Gasteiger partial charge on any atom is 0.206 e. The Morgan fingerprint density at radius 3 is 2.69 bits per heavy atom. The predicted molar refractivity (Wildman–Crippen MR) is 50.3 cm³/mol. The Bertz CT molecular complexity index is 380. The van der Waals surface area contributed by atoms with Crippen molar-refractivity contribution >= 4 is 5.78 Å². The van der Waals surface area contributed by atoms with Gasteiger partial charge in [0.05, 0.1) is 5.56 Å². The van der Waals surface area contributed by atoms with Crippen LogP contribution in [0.1, 0.15) is 28.4 Å². The Balaban J connectivity index is 2.64. The monoisotopic (exact) mass is 176 g/mol. The maximum absolute atomic E-state index is 11.6. The maximum atomic E-state index is 11.6. The minimum Gasteiger partial charge on any atom is -0.482 e. The van der Waals surface area contributed by atoms with Crippen molar-refractivity contribution in [3.63, 3.8) is 0 Å². The third-order valence-corrected chi connectivity index (χ3v) is 2.36. The molecule has 13 heavy (non-hydrogen) atoms. The fourth-order valence-corrected chi connectivity index (χ4v) is 1.78. The van der Waals surface area contributed by atoms with Crippen LogP contribution in [-0.2, 0) is 0 Å². The van der Waals surface area contributed by atoms with Crippen molar-refractivity contribution < 1.29 is 9.53 Å². The van der Waals surface area contributed by atoms with Crippen LogP contribution in [0.5, 0.6) is 5.75 Å². The second kappa shape index (κ2) is 2.59. The molecule has 0 spiro atoms. The normalized spacial score (nSPS) is 19.9. The van der Waals surface area contributed by atoms with E-state index < -0.39 is 0 Å². The third kappa shape index (κ3) is 1.13. The van der Waals surface area contributed by atoms with Gasteiger partial charge in [0.25, 0.3) is 0 Å². The summed E-state index contributed by atoms with van der Waals surface area (Å²) in [6.07, 6.45) is -0.310. The number of rotatable bonds is 0. The molecule has 1 aliphatic rings. The van der Waals surface area contributed by atoms with Crippen LogP contribution in [0, 0.1) is 13.8 Å². The highest BCUT2D eigenvalue weighted by molar-refractivity contribution is 6.05. The molecule has 0 saturated carbocycles. The van der Waals surface area contributed by atoms with Crippen molar-refractivity contribution in [2.45, 2.75) is 26.9 Å². The van der Waals surface area contributed by atoms with Crippen LogP contribution in [0.15, 0.2) is 12.1 Å². The standard InChI is InChI=1S/C11H12O2/c1-6-4-7(2)10-9(5-6)13-8(3)11(10)12/h4-5,8H,1-3H3. The SMILES string of the molecule is Cc1cc(C)c2c(c1)OC(C)C2=O. The second-order valence-electron chi connectivity index (χ2n) is 3.58. The zero-order chi connectivity index (χ0) is 9.59. The number of benzene rings is 1. The van der Waals surface area contributed by atoms with Gasteiger partial charge in [0.2, 0.25) is 5.78 Å². The van der Waals surface area contributed by atoms with Gasteiger partial charge in [-0.25, -0.2) is 0 Å². The van der Waals surface area contributed by atoms with Gasteiger partial charge in [0.1, 0.15) is 5.75 Å². The first-order valence-electron chi connectivity index (χ1n) is 4.41. The number of carbonyl (C=O) groups is 1. The number of hydrogen-bond donors (Lipinski definition) is 0. The van der Waals surface area contributed by atoms with E-state index >= 15 is 0 Å². The van der Waals surface area contributed by atoms with E-state index in [2.05, 4.69) is 0 Å². The zero-order valence-corrected chi connectivity index (χ0v) is 8.05. The van der Waals surface area contributed by atoms with E-state index in [9.17, 15) is 4.79 Å². The molecule has 1 aliphatic heterocycles. The zero-order valence-electron chi connectivity index (χ0n) is 8.05. The van der Waals surface area contributed by atoms with Crippen LogP contribution in [0.3, 0.4) is 0 Å². The summed E-state index contributed by atoms with van der Waals surface area (Å²) in [4.78, 5) is 11.6. The Morgan fingerprint density at radius 2 is 2.00 bits per heavy atom. The van der Waals surface area contributed by atoms with Gasteiger partial charge in [-0.05, 0) is 38.0 Å². The topological polar surface area (TPSA) is 26.3 Å². The molecule has 0 fully saturated rings. The number of carbonyl (C=O) groups excluding carboxylic acids is 1. The molecular formula is C11H12O2. The molecule has 0 amide bonds. The quantitative estimate of drug-likeness (QED) is 0.606. The van der Waals surface area contributed by atoms with Gasteiger partial charge >= 0.3 is 0 Å². The number of ketones is 1. The summed E-state index contributed by atoms with van der Waals surface area (Å²) in [5.41, 5.74) is 2.92. The Labute approximate surface area is 77.5 Å². The van der Waals surface area contributed by atoms with Gasteiger partial charge in [0.15, 0.2) is 6.10 Å². The van der Waals surface area contributed by atoms with E-state index in [1.54, 1.807) is 6.92 Å². The Morgan fingerprint density at radius 1 is 1.31 bits per heavy atom. The van der Waals surface area contributed by atoms with E-state index in [4.69, 9.17) is 4.74 Å². The third-order valence-electron chi connectivity index (χ3n) is 2.36. The van der Waals surface area contributed by atoms with Crippen LogP contribution in [0.4, 0.5) is 0 Å². The van der Waals surface area contributed by atoms with Gasteiger partial charge in [-0.15, -0.1) is 0 Å². The van der Waals surface area contributed by atoms with Crippen molar-refractivity contribution in [2.75, 3.05) is 0 Å². The molecule has 0 saturated heterocycles. The first-order valence-corrected chi connectivity index (χ1v) is 4.41. The van der Waals surface area contributed by atoms with E-state index in [0.717, 1.165) is 22.4 Å². The highest BCUT2D eigenvalue weighted by atomic mass is 16.5. The minimum atomic E-state index is -0.310. The molecule has 1 atom stereocenters. The number of Topliss-reactive ketones (excluding diaryl/α,β-unsaturated/α-hetero) is 1. The van der Waals surface area contributed by atoms with Crippen molar-refractivity contribution in [1.29, 1.82) is 0 Å². The van der Waals surface area contributed by atoms with Crippen molar-refractivity contribution in [2.24, 2.45) is 0 Å². The lowest BCUT2D eigenvalue weighted by Crippen LogP contribution is -2.15. The van der Waals surface area contributed by atoms with Crippen LogP contribution < -0.4 is 4.74 Å². The number of hydrogen-bond acceptors (Lipinski definition) is 2. The van der Waals surface area contributed by atoms with Gasteiger partial charge < -0.3 is 4.74 Å². The Kier molecular flexibility index (Phi) is 1.65. The van der Waals surface area contributed by atoms with Crippen LogP contribution in [0.25, 0.3) is 0 Å².